The standard InChI is InChI=1S/C11H7F3N2O4/c12-11(13,14)20-7-3-1-6(2-4-7)9-16-15-5-8(19-9)10(17)18/h1-5,15H,(H,17,18)/p-1. The summed E-state index contributed by atoms with van der Waals surface area (Å²) in [4.78, 5) is 10.6. The summed E-state index contributed by atoms with van der Waals surface area (Å²) in [5, 5.41) is 14.2. The van der Waals surface area contributed by atoms with Gasteiger partial charge in [0, 0.05) is 5.56 Å². The molecule has 1 aromatic rings. The van der Waals surface area contributed by atoms with Crippen molar-refractivity contribution in [1.82, 2.24) is 5.43 Å². The highest BCUT2D eigenvalue weighted by molar-refractivity contribution is 5.98. The van der Waals surface area contributed by atoms with E-state index in [0.717, 1.165) is 18.3 Å². The first kappa shape index (κ1) is 13.7. The number of hydrogen-bond donors (Lipinski definition) is 1. The zero-order chi connectivity index (χ0) is 14.8. The van der Waals surface area contributed by atoms with E-state index in [0.29, 0.717) is 0 Å². The molecule has 0 unspecified atom stereocenters. The number of carbonyl (C=O) groups is 1. The van der Waals surface area contributed by atoms with Crippen molar-refractivity contribution in [2.45, 2.75) is 6.36 Å². The number of carboxylic acids is 1. The normalized spacial score (nSPS) is 14.6. The van der Waals surface area contributed by atoms with Gasteiger partial charge in [-0.2, -0.15) is 0 Å². The van der Waals surface area contributed by atoms with Crippen molar-refractivity contribution in [3.8, 4) is 5.75 Å². The van der Waals surface area contributed by atoms with E-state index >= 15 is 0 Å². The summed E-state index contributed by atoms with van der Waals surface area (Å²) in [6.45, 7) is 0. The molecular formula is C11H6F3N2O4-. The van der Waals surface area contributed by atoms with E-state index in [9.17, 15) is 23.1 Å². The van der Waals surface area contributed by atoms with Crippen LogP contribution in [0.4, 0.5) is 13.2 Å². The minimum Gasteiger partial charge on any atom is -0.541 e. The van der Waals surface area contributed by atoms with Crippen LogP contribution in [0.1, 0.15) is 5.56 Å². The topological polar surface area (TPSA) is 83.0 Å². The molecule has 0 aliphatic carbocycles. The maximum atomic E-state index is 12.0. The van der Waals surface area contributed by atoms with Crippen LogP contribution >= 0.6 is 0 Å². The molecule has 0 atom stereocenters. The fourth-order valence-corrected chi connectivity index (χ4v) is 1.33. The Balaban J connectivity index is 2.11. The molecule has 1 N–H and O–H groups in total. The van der Waals surface area contributed by atoms with Crippen LogP contribution in [0.25, 0.3) is 0 Å². The molecule has 0 saturated heterocycles. The van der Waals surface area contributed by atoms with Crippen LogP contribution in [0.3, 0.4) is 0 Å². The third-order valence-electron chi connectivity index (χ3n) is 2.10. The van der Waals surface area contributed by atoms with Crippen molar-refractivity contribution in [2.75, 3.05) is 0 Å². The number of alkyl halides is 3. The van der Waals surface area contributed by atoms with E-state index in [4.69, 9.17) is 4.74 Å². The molecule has 1 heterocycles. The fourth-order valence-electron chi connectivity index (χ4n) is 1.33. The molecule has 1 aliphatic heterocycles. The van der Waals surface area contributed by atoms with Gasteiger partial charge in [-0.25, -0.2) is 0 Å². The lowest BCUT2D eigenvalue weighted by molar-refractivity contribution is -0.302. The van der Waals surface area contributed by atoms with Crippen LogP contribution in [0.5, 0.6) is 5.75 Å². The highest BCUT2D eigenvalue weighted by atomic mass is 19.4. The highest BCUT2D eigenvalue weighted by Gasteiger charge is 2.31. The monoisotopic (exact) mass is 287 g/mol. The number of rotatable bonds is 3. The molecule has 0 fully saturated rings. The first-order chi connectivity index (χ1) is 9.35. The van der Waals surface area contributed by atoms with E-state index in [1.54, 1.807) is 0 Å². The number of carboxylic acid groups (broad SMARTS) is 1. The Hall–Kier alpha value is -2.71. The van der Waals surface area contributed by atoms with Crippen LogP contribution in [0, 0.1) is 0 Å². The average molecular weight is 287 g/mol. The van der Waals surface area contributed by atoms with E-state index in [1.807, 2.05) is 0 Å². The van der Waals surface area contributed by atoms with Gasteiger partial charge in [0.25, 0.3) is 0 Å². The lowest BCUT2D eigenvalue weighted by Crippen LogP contribution is -2.31. The Kier molecular flexibility index (Phi) is 3.51. The second kappa shape index (κ2) is 5.11. The SMILES string of the molecule is O=C([O-])C1=CNN=C(c2ccc(OC(F)(F)F)cc2)O1. The summed E-state index contributed by atoms with van der Waals surface area (Å²) in [6.07, 6.45) is -3.81. The number of carbonyl (C=O) groups excluding carboxylic acids is 1. The number of halogens is 3. The summed E-state index contributed by atoms with van der Waals surface area (Å²) in [6, 6.07) is 4.57. The molecule has 9 heteroatoms. The molecule has 20 heavy (non-hydrogen) atoms. The van der Waals surface area contributed by atoms with Gasteiger partial charge in [0.15, 0.2) is 5.76 Å². The highest BCUT2D eigenvalue weighted by Crippen LogP contribution is 2.23. The summed E-state index contributed by atoms with van der Waals surface area (Å²) in [7, 11) is 0. The number of aliphatic carboxylic acids is 1. The predicted molar refractivity (Wildman–Crippen MR) is 57.0 cm³/mol. The van der Waals surface area contributed by atoms with Gasteiger partial charge >= 0.3 is 6.36 Å². The summed E-state index contributed by atoms with van der Waals surface area (Å²) in [5.74, 6) is -2.58. The van der Waals surface area contributed by atoms with Crippen molar-refractivity contribution in [2.24, 2.45) is 5.10 Å². The Morgan fingerprint density at radius 2 is 1.95 bits per heavy atom. The number of ether oxygens (including phenoxy) is 2. The third kappa shape index (κ3) is 3.40. The molecule has 0 amide bonds. The molecular weight excluding hydrogens is 281 g/mol. The quantitative estimate of drug-likeness (QED) is 0.873. The van der Waals surface area contributed by atoms with E-state index in [1.165, 1.54) is 12.1 Å². The van der Waals surface area contributed by atoms with Gasteiger partial charge in [-0.3, -0.25) is 5.43 Å². The lowest BCUT2D eigenvalue weighted by Gasteiger charge is -2.16. The minimum atomic E-state index is -4.78. The number of hydrogen-bond acceptors (Lipinski definition) is 6. The summed E-state index contributed by atoms with van der Waals surface area (Å²) in [5.41, 5.74) is 2.55. The second-order valence-electron chi connectivity index (χ2n) is 3.52. The zero-order valence-electron chi connectivity index (χ0n) is 9.60. The maximum absolute atomic E-state index is 12.0. The van der Waals surface area contributed by atoms with E-state index in [2.05, 4.69) is 15.3 Å². The van der Waals surface area contributed by atoms with E-state index < -0.39 is 23.8 Å². The Morgan fingerprint density at radius 1 is 1.30 bits per heavy atom. The van der Waals surface area contributed by atoms with Gasteiger partial charge in [-0.1, -0.05) is 0 Å². The first-order valence-corrected chi connectivity index (χ1v) is 5.14. The molecule has 1 aliphatic rings. The first-order valence-electron chi connectivity index (χ1n) is 5.14. The number of nitrogens with zero attached hydrogens (tertiary/aromatic N) is 1. The number of hydrazone groups is 1. The Bertz CT molecular complexity index is 578. The molecule has 0 aromatic heterocycles. The van der Waals surface area contributed by atoms with Crippen molar-refractivity contribution >= 4 is 11.9 Å². The molecule has 106 valence electrons. The minimum absolute atomic E-state index is 0.120. The van der Waals surface area contributed by atoms with Crippen molar-refractivity contribution in [1.29, 1.82) is 0 Å². The smallest absolute Gasteiger partial charge is 0.541 e. The second-order valence-corrected chi connectivity index (χ2v) is 3.52. The van der Waals surface area contributed by atoms with E-state index in [-0.39, 0.29) is 11.5 Å². The fraction of sp³-hybridized carbons (Fsp3) is 0.0909. The van der Waals surface area contributed by atoms with Crippen molar-refractivity contribution in [3.63, 3.8) is 0 Å². The van der Waals surface area contributed by atoms with Gasteiger partial charge in [-0.15, -0.1) is 18.3 Å². The molecule has 2 rings (SSSR count). The number of benzene rings is 1. The molecule has 1 aromatic carbocycles. The molecule has 0 spiro atoms. The van der Waals surface area contributed by atoms with Crippen LogP contribution in [-0.2, 0) is 9.53 Å². The van der Waals surface area contributed by atoms with Crippen LogP contribution < -0.4 is 15.3 Å². The van der Waals surface area contributed by atoms with Crippen LogP contribution in [-0.4, -0.2) is 18.2 Å². The van der Waals surface area contributed by atoms with Crippen LogP contribution in [0.15, 0.2) is 41.3 Å². The van der Waals surface area contributed by atoms with Crippen molar-refractivity contribution < 1.29 is 32.5 Å². The molecule has 6 nitrogen and oxygen atoms in total. The summed E-state index contributed by atoms with van der Waals surface area (Å²) < 4.78 is 44.5. The molecule has 0 saturated carbocycles. The van der Waals surface area contributed by atoms with Gasteiger partial charge in [0.1, 0.15) is 11.7 Å². The van der Waals surface area contributed by atoms with Crippen molar-refractivity contribution in [3.05, 3.63) is 41.8 Å². The molecule has 0 bridgehead atoms. The van der Waals surface area contributed by atoms with Gasteiger partial charge in [0.05, 0.1) is 6.20 Å². The van der Waals surface area contributed by atoms with Gasteiger partial charge < -0.3 is 19.4 Å². The van der Waals surface area contributed by atoms with Crippen LogP contribution in [0.2, 0.25) is 0 Å². The number of nitrogens with one attached hydrogen (secondary N) is 1. The maximum Gasteiger partial charge on any atom is 0.573 e. The predicted octanol–water partition coefficient (Wildman–Crippen LogP) is 0.458. The Labute approximate surface area is 110 Å². The zero-order valence-corrected chi connectivity index (χ0v) is 9.60. The Morgan fingerprint density at radius 3 is 2.50 bits per heavy atom. The lowest BCUT2D eigenvalue weighted by atomic mass is 10.2. The molecule has 0 radical (unpaired) electrons. The third-order valence-corrected chi connectivity index (χ3v) is 2.10. The average Bonchev–Trinajstić information content (AvgIpc) is 2.38. The largest absolute Gasteiger partial charge is 0.573 e. The van der Waals surface area contributed by atoms with Gasteiger partial charge in [0.2, 0.25) is 5.90 Å². The van der Waals surface area contributed by atoms with Gasteiger partial charge in [-0.05, 0) is 24.3 Å². The summed E-state index contributed by atoms with van der Waals surface area (Å²) >= 11 is 0.